The molecule has 2 aliphatic heterocycles. The standard InChI is InChI=1S/C83H113N13O18S/c1-47(2)60-41-69(101)62(37-53-22-13-10-14-23-53)89-73(105)46-115-45-65(78(109)87-44-72(86)104)92-79(110)66-29-21-35-96(66)81(112)48(3)88-75(106)58(28-19-20-34-84)39-67(99)49(4)94(8)82(113)59(36-55-30-32-57(33-31-55)56-26-17-12-18-27-56)40-68(100)50(5)95(9)83(114)64(38-54-24-15-11-16-25-54)91-80(111)74(52(7)98)93-77(108)61(51(6)97)42-70(102)63(43-71(85)103)90-76(60)107/h10-18,22-27,30-33,47-52,58-66,74,97-98H,19-21,28-29,34-46,84H2,1-9H3,(H2,85,103)(H2,86,104)(H,87,109)(H,88,106)(H,89,105)(H,90,107)(H,91,111)(H,92,110)(H,93,108)/t48-,49-,50-,51+,52+,58+,59+,60-,61-,62-,63-,64-,65-,66-,74-/m0/s1. The number of benzene rings is 4. The highest BCUT2D eigenvalue weighted by atomic mass is 32.2. The minimum atomic E-state index is -1.90. The summed E-state index contributed by atoms with van der Waals surface area (Å²) in [6, 6.07) is 20.8. The van der Waals surface area contributed by atoms with Crippen molar-refractivity contribution in [1.29, 1.82) is 0 Å². The summed E-state index contributed by atoms with van der Waals surface area (Å²) in [7, 11) is 2.71. The molecular weight excluding hydrogens is 1500 g/mol. The van der Waals surface area contributed by atoms with Crippen LogP contribution in [-0.2, 0) is 96.0 Å². The molecule has 4 aromatic carbocycles. The Morgan fingerprint density at radius 1 is 0.522 bits per heavy atom. The molecule has 624 valence electrons. The molecule has 2 heterocycles. The molecule has 6 rings (SSSR count). The number of nitrogens with two attached hydrogens (primary N) is 3. The summed E-state index contributed by atoms with van der Waals surface area (Å²) in [5.74, 6) is -19.9. The first-order valence-corrected chi connectivity index (χ1v) is 40.1. The number of carbonyl (C=O) groups excluding carboxylic acids is 16. The third-order valence-electron chi connectivity index (χ3n) is 21.1. The van der Waals surface area contributed by atoms with Crippen LogP contribution in [0.5, 0.6) is 0 Å². The van der Waals surface area contributed by atoms with E-state index in [9.17, 15) is 77.3 Å². The molecular formula is C83H113N13O18S. The number of carbonyl (C=O) groups is 16. The Morgan fingerprint density at radius 2 is 1.04 bits per heavy atom. The van der Waals surface area contributed by atoms with Crippen LogP contribution in [0.2, 0.25) is 0 Å². The van der Waals surface area contributed by atoms with Crippen molar-refractivity contribution < 1.29 is 86.9 Å². The number of hydrogen-bond donors (Lipinski definition) is 12. The van der Waals surface area contributed by atoms with Crippen LogP contribution < -0.4 is 54.4 Å². The fraction of sp³-hybridized carbons (Fsp3) is 0.518. The molecule has 32 heteroatoms. The van der Waals surface area contributed by atoms with E-state index in [1.165, 1.54) is 44.7 Å². The Labute approximate surface area is 675 Å². The molecule has 2 aliphatic rings. The maximum Gasteiger partial charge on any atom is 0.245 e. The van der Waals surface area contributed by atoms with Gasteiger partial charge in [0.2, 0.25) is 70.9 Å². The van der Waals surface area contributed by atoms with Gasteiger partial charge in [-0.2, -0.15) is 0 Å². The van der Waals surface area contributed by atoms with E-state index in [2.05, 4.69) is 37.2 Å². The minimum absolute atomic E-state index is 0.0387. The first-order chi connectivity index (χ1) is 54.5. The van der Waals surface area contributed by atoms with Gasteiger partial charge in [0, 0.05) is 76.3 Å². The maximum atomic E-state index is 15.2. The number of fused-ring (bicyclic) bond motifs is 1. The molecule has 0 aliphatic carbocycles. The van der Waals surface area contributed by atoms with Crippen molar-refractivity contribution in [3.63, 3.8) is 0 Å². The first-order valence-electron chi connectivity index (χ1n) is 39.0. The predicted octanol–water partition coefficient (Wildman–Crippen LogP) is 1.07. The summed E-state index contributed by atoms with van der Waals surface area (Å²) in [5, 5.41) is 40.4. The lowest BCUT2D eigenvalue weighted by Crippen LogP contribution is -2.59. The zero-order valence-electron chi connectivity index (χ0n) is 66.8. The fourth-order valence-corrected chi connectivity index (χ4v) is 14.7. The first kappa shape index (κ1) is 93.3. The largest absolute Gasteiger partial charge is 0.393 e. The van der Waals surface area contributed by atoms with Crippen LogP contribution >= 0.6 is 11.8 Å². The van der Waals surface area contributed by atoms with Gasteiger partial charge in [0.25, 0.3) is 0 Å². The number of hydrogen-bond acceptors (Lipinski definition) is 20. The van der Waals surface area contributed by atoms with Crippen molar-refractivity contribution in [2.45, 2.75) is 199 Å². The zero-order chi connectivity index (χ0) is 84.9. The van der Waals surface area contributed by atoms with Gasteiger partial charge in [0.15, 0.2) is 23.1 Å². The lowest BCUT2D eigenvalue weighted by molar-refractivity contribution is -0.145. The Hall–Kier alpha value is -10.6. The van der Waals surface area contributed by atoms with Gasteiger partial charge in [-0.25, -0.2) is 0 Å². The van der Waals surface area contributed by atoms with Crippen molar-refractivity contribution in [2.24, 2.45) is 46.8 Å². The van der Waals surface area contributed by atoms with Crippen LogP contribution in [0.25, 0.3) is 11.1 Å². The van der Waals surface area contributed by atoms with Crippen LogP contribution in [0, 0.1) is 29.6 Å². The fourth-order valence-electron chi connectivity index (χ4n) is 13.9. The number of thioether (sulfide) groups is 1. The smallest absolute Gasteiger partial charge is 0.245 e. The molecule has 2 saturated heterocycles. The zero-order valence-corrected chi connectivity index (χ0v) is 67.7. The van der Waals surface area contributed by atoms with Gasteiger partial charge in [0.1, 0.15) is 30.2 Å². The van der Waals surface area contributed by atoms with Crippen LogP contribution in [0.15, 0.2) is 115 Å². The number of rotatable bonds is 19. The molecule has 31 nitrogen and oxygen atoms in total. The molecule has 0 bridgehead atoms. The van der Waals surface area contributed by atoms with Crippen molar-refractivity contribution in [1.82, 2.24) is 51.9 Å². The number of likely N-dealkylation sites (N-methyl/N-ethyl adjacent to an activating group) is 2. The molecule has 4 aromatic rings. The molecule has 2 fully saturated rings. The second kappa shape index (κ2) is 45.5. The van der Waals surface area contributed by atoms with Crippen LogP contribution in [0.4, 0.5) is 0 Å². The van der Waals surface area contributed by atoms with Crippen LogP contribution in [-0.4, -0.2) is 231 Å². The van der Waals surface area contributed by atoms with Gasteiger partial charge in [-0.15, -0.1) is 11.8 Å². The molecule has 0 saturated carbocycles. The third-order valence-corrected chi connectivity index (χ3v) is 22.1. The summed E-state index contributed by atoms with van der Waals surface area (Å²) >= 11 is 0.850. The topological polar surface area (TPSA) is 486 Å². The Balaban J connectivity index is 1.39. The summed E-state index contributed by atoms with van der Waals surface area (Å²) in [6.45, 7) is 9.49. The highest BCUT2D eigenvalue weighted by Crippen LogP contribution is 2.28. The molecule has 15 N–H and O–H groups in total. The van der Waals surface area contributed by atoms with E-state index in [-0.39, 0.29) is 50.9 Å². The highest BCUT2D eigenvalue weighted by molar-refractivity contribution is 8.00. The van der Waals surface area contributed by atoms with Gasteiger partial charge in [-0.3, -0.25) is 76.7 Å². The number of aliphatic hydroxyl groups is 2. The van der Waals surface area contributed by atoms with Crippen molar-refractivity contribution in [3.8, 4) is 11.1 Å². The van der Waals surface area contributed by atoms with Crippen molar-refractivity contribution in [3.05, 3.63) is 132 Å². The van der Waals surface area contributed by atoms with E-state index >= 15 is 9.59 Å². The Bertz CT molecular complexity index is 4060. The molecule has 115 heavy (non-hydrogen) atoms. The number of ketones is 4. The van der Waals surface area contributed by atoms with Crippen LogP contribution in [0.3, 0.4) is 0 Å². The number of amides is 12. The van der Waals surface area contributed by atoms with Gasteiger partial charge in [-0.05, 0) is 113 Å². The average molecular weight is 1610 g/mol. The predicted molar refractivity (Wildman–Crippen MR) is 429 cm³/mol. The van der Waals surface area contributed by atoms with Crippen molar-refractivity contribution in [2.75, 3.05) is 45.2 Å². The average Bonchev–Trinajstić information content (AvgIpc) is 1.77. The van der Waals surface area contributed by atoms with Gasteiger partial charge < -0.3 is 79.3 Å². The van der Waals surface area contributed by atoms with Gasteiger partial charge >= 0.3 is 0 Å². The highest BCUT2D eigenvalue weighted by Gasteiger charge is 2.43. The monoisotopic (exact) mass is 1610 g/mol. The summed E-state index contributed by atoms with van der Waals surface area (Å²) < 4.78 is 0. The molecule has 15 atom stereocenters. The number of nitrogens with one attached hydrogen (secondary N) is 7. The maximum absolute atomic E-state index is 15.2. The summed E-state index contributed by atoms with van der Waals surface area (Å²) in [6.07, 6.45) is -5.55. The Morgan fingerprint density at radius 3 is 1.60 bits per heavy atom. The van der Waals surface area contributed by atoms with Gasteiger partial charge in [-0.1, -0.05) is 136 Å². The van der Waals surface area contributed by atoms with Gasteiger partial charge in [0.05, 0.1) is 61.0 Å². The molecule has 0 unspecified atom stereocenters. The second-order valence-corrected chi connectivity index (χ2v) is 31.3. The molecule has 0 radical (unpaired) electrons. The lowest BCUT2D eigenvalue weighted by atomic mass is 9.86. The minimum Gasteiger partial charge on any atom is -0.393 e. The third kappa shape index (κ3) is 28.4. The molecule has 0 spiro atoms. The van der Waals surface area contributed by atoms with E-state index in [0.717, 1.165) is 41.6 Å². The second-order valence-electron chi connectivity index (χ2n) is 30.3. The number of unbranched alkanes of at least 4 members (excludes halogenated alkanes) is 1. The molecule has 12 amide bonds. The number of aliphatic hydroxyl groups excluding tert-OH is 2. The van der Waals surface area contributed by atoms with Crippen molar-refractivity contribution >= 4 is 106 Å². The Kier molecular flexibility index (Phi) is 36.9. The van der Waals surface area contributed by atoms with E-state index in [0.29, 0.717) is 36.0 Å². The number of nitrogens with zero attached hydrogens (tertiary/aromatic N) is 3. The normalized spacial score (nSPS) is 25.5. The SMILES string of the molecule is CC(C)[C@@H]1CC(=O)[C@H](Cc2ccccc2)NC(=O)CSC[C@@H](C(=O)NCC(N)=O)NC(=O)[C@@H]2CCCN2C(=O)[C@H](C)NC(=O)[C@H](CCCCN)CC(=O)[C@H](C)N(C)C(=O)[C@H](Cc2ccc(-c3ccccc3)cc2)CC(=O)[C@H](C)N(C)C(=O)[C@H](Cc2ccccc2)NC(=O)[C@H]([C@@H](C)O)NC(=O)[C@H]([C@@H](C)O)CC(=O)[C@H](CC(N)=O)NC1=O. The quantitative estimate of drug-likeness (QED) is 0.0584. The lowest BCUT2D eigenvalue weighted by Gasteiger charge is -2.32. The summed E-state index contributed by atoms with van der Waals surface area (Å²) in [5.41, 5.74) is 20.4. The number of primary amides is 2. The van der Waals surface area contributed by atoms with E-state index in [1.807, 2.05) is 42.5 Å². The number of Topliss-reactive ketones (excluding diaryl/α,β-unsaturated/α-hetero) is 4. The van der Waals surface area contributed by atoms with Crippen LogP contribution in [0.1, 0.15) is 129 Å². The van der Waals surface area contributed by atoms with E-state index in [4.69, 9.17) is 17.2 Å². The van der Waals surface area contributed by atoms with E-state index in [1.54, 1.807) is 86.6 Å². The van der Waals surface area contributed by atoms with E-state index < -0.39 is 235 Å². The summed E-state index contributed by atoms with van der Waals surface area (Å²) in [4.78, 5) is 232. The molecule has 0 aromatic heterocycles.